The molecule has 0 atom stereocenters. The summed E-state index contributed by atoms with van der Waals surface area (Å²) in [6, 6.07) is 24.5. The summed E-state index contributed by atoms with van der Waals surface area (Å²) in [5.74, 6) is 0.901. The number of hydrazone groups is 1. The summed E-state index contributed by atoms with van der Waals surface area (Å²) < 4.78 is 10.5. The van der Waals surface area contributed by atoms with E-state index in [4.69, 9.17) is 14.5 Å². The Hall–Kier alpha value is -4.19. The molecule has 0 radical (unpaired) electrons. The van der Waals surface area contributed by atoms with Gasteiger partial charge in [0.25, 0.3) is 5.91 Å². The van der Waals surface area contributed by atoms with Crippen molar-refractivity contribution in [1.82, 2.24) is 10.4 Å². The van der Waals surface area contributed by atoms with Gasteiger partial charge in [-0.25, -0.2) is 10.4 Å². The van der Waals surface area contributed by atoms with Gasteiger partial charge in [0.15, 0.2) is 11.5 Å². The highest BCUT2D eigenvalue weighted by Crippen LogP contribution is 2.27. The molecule has 4 rings (SSSR count). The molecule has 0 saturated carbocycles. The molecule has 0 aliphatic heterocycles. The second kappa shape index (κ2) is 9.09. The van der Waals surface area contributed by atoms with Gasteiger partial charge in [-0.15, -0.1) is 0 Å². The van der Waals surface area contributed by atoms with Gasteiger partial charge in [0.05, 0.1) is 37.2 Å². The molecule has 0 unspecified atom stereocenters. The predicted molar refractivity (Wildman–Crippen MR) is 122 cm³/mol. The van der Waals surface area contributed by atoms with Crippen LogP contribution in [0.2, 0.25) is 0 Å². The average molecular weight is 411 g/mol. The Morgan fingerprint density at radius 2 is 1.65 bits per heavy atom. The van der Waals surface area contributed by atoms with Crippen LogP contribution < -0.4 is 14.9 Å². The third-order valence-corrected chi connectivity index (χ3v) is 4.82. The van der Waals surface area contributed by atoms with Crippen LogP contribution in [0.5, 0.6) is 11.5 Å². The number of para-hydroxylation sites is 1. The third-order valence-electron chi connectivity index (χ3n) is 4.82. The van der Waals surface area contributed by atoms with Crippen LogP contribution in [0.25, 0.3) is 22.2 Å². The number of hydrogen-bond donors (Lipinski definition) is 1. The molecule has 1 N–H and O–H groups in total. The highest BCUT2D eigenvalue weighted by Gasteiger charge is 2.13. The number of pyridine rings is 1. The first-order valence-corrected chi connectivity index (χ1v) is 9.70. The molecule has 0 fully saturated rings. The summed E-state index contributed by atoms with van der Waals surface area (Å²) in [7, 11) is 3.15. The van der Waals surface area contributed by atoms with Crippen molar-refractivity contribution in [3.05, 3.63) is 90.0 Å². The molecular weight excluding hydrogens is 390 g/mol. The minimum atomic E-state index is -0.312. The number of benzene rings is 3. The Morgan fingerprint density at radius 1 is 0.903 bits per heavy atom. The van der Waals surface area contributed by atoms with Gasteiger partial charge in [0, 0.05) is 10.9 Å². The van der Waals surface area contributed by atoms with Gasteiger partial charge in [-0.3, -0.25) is 4.79 Å². The van der Waals surface area contributed by atoms with Crippen molar-refractivity contribution in [3.8, 4) is 22.8 Å². The van der Waals surface area contributed by atoms with Crippen LogP contribution in [0.1, 0.15) is 15.9 Å². The van der Waals surface area contributed by atoms with Crippen LogP contribution in [0.3, 0.4) is 0 Å². The standard InChI is InChI=1S/C25H21N3O3/c1-30-23-13-12-17(14-24(23)31-2)16-26-28-25(29)20-15-22(18-8-4-3-5-9-18)27-21-11-7-6-10-19(20)21/h3-16H,1-2H3,(H,28,29). The van der Waals surface area contributed by atoms with Crippen LogP contribution in [0, 0.1) is 0 Å². The number of fused-ring (bicyclic) bond motifs is 1. The minimum Gasteiger partial charge on any atom is -0.493 e. The van der Waals surface area contributed by atoms with Gasteiger partial charge in [-0.05, 0) is 35.9 Å². The quantitative estimate of drug-likeness (QED) is 0.369. The van der Waals surface area contributed by atoms with Crippen molar-refractivity contribution >= 4 is 23.0 Å². The maximum Gasteiger partial charge on any atom is 0.272 e. The molecule has 6 heteroatoms. The first kappa shape index (κ1) is 20.1. The maximum atomic E-state index is 13.0. The van der Waals surface area contributed by atoms with E-state index in [0.717, 1.165) is 27.7 Å². The van der Waals surface area contributed by atoms with Crippen LogP contribution in [0.4, 0.5) is 0 Å². The number of amides is 1. The summed E-state index contributed by atoms with van der Waals surface area (Å²) in [5, 5.41) is 4.88. The van der Waals surface area contributed by atoms with Gasteiger partial charge < -0.3 is 9.47 Å². The van der Waals surface area contributed by atoms with E-state index in [1.165, 1.54) is 0 Å². The summed E-state index contributed by atoms with van der Waals surface area (Å²) in [4.78, 5) is 17.7. The number of carbonyl (C=O) groups excluding carboxylic acids is 1. The zero-order valence-electron chi connectivity index (χ0n) is 17.2. The van der Waals surface area contributed by atoms with Gasteiger partial charge in [-0.2, -0.15) is 5.10 Å². The summed E-state index contributed by atoms with van der Waals surface area (Å²) >= 11 is 0. The molecule has 1 aromatic heterocycles. The Kier molecular flexibility index (Phi) is 5.89. The van der Waals surface area contributed by atoms with E-state index in [0.29, 0.717) is 17.1 Å². The normalized spacial score (nSPS) is 10.9. The molecule has 0 aliphatic rings. The van der Waals surface area contributed by atoms with Crippen molar-refractivity contribution in [1.29, 1.82) is 0 Å². The predicted octanol–water partition coefficient (Wildman–Crippen LogP) is 4.68. The van der Waals surface area contributed by atoms with Gasteiger partial charge >= 0.3 is 0 Å². The zero-order valence-corrected chi connectivity index (χ0v) is 17.2. The van der Waals surface area contributed by atoms with Gasteiger partial charge in [-0.1, -0.05) is 48.5 Å². The highest BCUT2D eigenvalue weighted by molar-refractivity contribution is 6.07. The van der Waals surface area contributed by atoms with E-state index in [1.807, 2.05) is 60.7 Å². The van der Waals surface area contributed by atoms with Gasteiger partial charge in [0.1, 0.15) is 0 Å². The summed E-state index contributed by atoms with van der Waals surface area (Å²) in [6.45, 7) is 0. The van der Waals surface area contributed by atoms with Crippen molar-refractivity contribution in [2.45, 2.75) is 0 Å². The molecule has 1 heterocycles. The summed E-state index contributed by atoms with van der Waals surface area (Å²) in [6.07, 6.45) is 1.56. The SMILES string of the molecule is COc1ccc(C=NNC(=O)c2cc(-c3ccccc3)nc3ccccc23)cc1OC. The molecule has 31 heavy (non-hydrogen) atoms. The molecular formula is C25H21N3O3. The molecule has 154 valence electrons. The lowest BCUT2D eigenvalue weighted by Gasteiger charge is -2.09. The fourth-order valence-corrected chi connectivity index (χ4v) is 3.28. The molecule has 3 aromatic carbocycles. The Balaban J connectivity index is 1.62. The molecule has 0 saturated heterocycles. The Morgan fingerprint density at radius 3 is 2.42 bits per heavy atom. The minimum absolute atomic E-state index is 0.312. The van der Waals surface area contributed by atoms with Crippen molar-refractivity contribution in [2.75, 3.05) is 14.2 Å². The first-order chi connectivity index (χ1) is 15.2. The van der Waals surface area contributed by atoms with E-state index in [9.17, 15) is 4.79 Å². The topological polar surface area (TPSA) is 72.8 Å². The summed E-state index contributed by atoms with van der Waals surface area (Å²) in [5.41, 5.74) is 6.31. The lowest BCUT2D eigenvalue weighted by Crippen LogP contribution is -2.18. The monoisotopic (exact) mass is 411 g/mol. The number of nitrogens with one attached hydrogen (secondary N) is 1. The van der Waals surface area contributed by atoms with Crippen LogP contribution in [-0.4, -0.2) is 31.3 Å². The average Bonchev–Trinajstić information content (AvgIpc) is 2.83. The third kappa shape index (κ3) is 4.38. The molecule has 4 aromatic rings. The lowest BCUT2D eigenvalue weighted by molar-refractivity contribution is 0.0956. The Labute approximate surface area is 180 Å². The number of ether oxygens (including phenoxy) is 2. The van der Waals surface area contributed by atoms with E-state index in [-0.39, 0.29) is 5.91 Å². The largest absolute Gasteiger partial charge is 0.493 e. The van der Waals surface area contributed by atoms with Crippen molar-refractivity contribution in [3.63, 3.8) is 0 Å². The molecule has 1 amide bonds. The number of methoxy groups -OCH3 is 2. The fourth-order valence-electron chi connectivity index (χ4n) is 3.28. The highest BCUT2D eigenvalue weighted by atomic mass is 16.5. The van der Waals surface area contributed by atoms with E-state index >= 15 is 0 Å². The molecule has 0 bridgehead atoms. The van der Waals surface area contributed by atoms with Crippen molar-refractivity contribution < 1.29 is 14.3 Å². The number of nitrogens with zero attached hydrogens (tertiary/aromatic N) is 2. The zero-order chi connectivity index (χ0) is 21.6. The van der Waals surface area contributed by atoms with Crippen LogP contribution in [-0.2, 0) is 0 Å². The van der Waals surface area contributed by atoms with E-state index in [1.54, 1.807) is 38.6 Å². The van der Waals surface area contributed by atoms with Crippen LogP contribution in [0.15, 0.2) is 84.0 Å². The number of rotatable bonds is 6. The Bertz CT molecular complexity index is 1250. The smallest absolute Gasteiger partial charge is 0.272 e. The van der Waals surface area contributed by atoms with Gasteiger partial charge in [0.2, 0.25) is 0 Å². The van der Waals surface area contributed by atoms with Crippen molar-refractivity contribution in [2.24, 2.45) is 5.10 Å². The van der Waals surface area contributed by atoms with E-state index < -0.39 is 0 Å². The second-order valence-corrected chi connectivity index (χ2v) is 6.75. The first-order valence-electron chi connectivity index (χ1n) is 9.70. The molecule has 0 aliphatic carbocycles. The lowest BCUT2D eigenvalue weighted by atomic mass is 10.0. The molecule has 0 spiro atoms. The number of carbonyl (C=O) groups is 1. The van der Waals surface area contributed by atoms with Crippen LogP contribution >= 0.6 is 0 Å². The van der Waals surface area contributed by atoms with E-state index in [2.05, 4.69) is 10.5 Å². The second-order valence-electron chi connectivity index (χ2n) is 6.75. The molecule has 6 nitrogen and oxygen atoms in total. The number of aromatic nitrogens is 1. The maximum absolute atomic E-state index is 13.0. The number of hydrogen-bond acceptors (Lipinski definition) is 5. The fraction of sp³-hybridized carbons (Fsp3) is 0.0800.